The molecule has 3 rings (SSSR count). The zero-order chi connectivity index (χ0) is 24.1. The van der Waals surface area contributed by atoms with E-state index >= 15 is 0 Å². The Morgan fingerprint density at radius 1 is 1.15 bits per heavy atom. The molecule has 33 heavy (non-hydrogen) atoms. The summed E-state index contributed by atoms with van der Waals surface area (Å²) in [6.45, 7) is 5.95. The Hall–Kier alpha value is -2.94. The third kappa shape index (κ3) is 5.19. The summed E-state index contributed by atoms with van der Waals surface area (Å²) >= 11 is 1.44. The lowest BCUT2D eigenvalue weighted by molar-refractivity contribution is -0.136. The van der Waals surface area contributed by atoms with E-state index in [1.165, 1.54) is 18.9 Å². The van der Waals surface area contributed by atoms with Crippen molar-refractivity contribution in [2.24, 2.45) is 4.99 Å². The molecule has 2 aliphatic rings. The minimum Gasteiger partial charge on any atom is -0.497 e. The van der Waals surface area contributed by atoms with Gasteiger partial charge < -0.3 is 24.4 Å². The summed E-state index contributed by atoms with van der Waals surface area (Å²) in [7, 11) is 4.52. The highest BCUT2D eigenvalue weighted by Crippen LogP contribution is 2.46. The standard InChI is InChI=1S/C24H31N3O5S/c1-7-14(3)25-20(28)11-16-13-33-24-26-19(8-2)21(23(29)32-6)22(27(16)24)15-9-17(30-4)12-18(10-15)31-5/h9-10,12-14,22H,7-8,11H2,1-6H3,(H,25,28). The highest BCUT2D eigenvalue weighted by atomic mass is 32.2. The summed E-state index contributed by atoms with van der Waals surface area (Å²) < 4.78 is 16.1. The van der Waals surface area contributed by atoms with Crippen molar-refractivity contribution >= 4 is 28.8 Å². The zero-order valence-corrected chi connectivity index (χ0v) is 20.7. The first-order valence-corrected chi connectivity index (χ1v) is 11.8. The number of carbonyl (C=O) groups is 2. The Bertz CT molecular complexity index is 995. The monoisotopic (exact) mass is 473 g/mol. The van der Waals surface area contributed by atoms with Crippen LogP contribution in [0.2, 0.25) is 0 Å². The van der Waals surface area contributed by atoms with Crippen LogP contribution in [0.4, 0.5) is 0 Å². The van der Waals surface area contributed by atoms with E-state index in [1.807, 2.05) is 43.2 Å². The summed E-state index contributed by atoms with van der Waals surface area (Å²) in [6.07, 6.45) is 1.57. The fourth-order valence-corrected chi connectivity index (χ4v) is 4.74. The fraction of sp³-hybridized carbons (Fsp3) is 0.458. The van der Waals surface area contributed by atoms with Crippen molar-refractivity contribution in [3.05, 3.63) is 46.1 Å². The number of thioether (sulfide) groups is 1. The minimum absolute atomic E-state index is 0.0793. The van der Waals surface area contributed by atoms with Crippen molar-refractivity contribution in [3.8, 4) is 11.5 Å². The van der Waals surface area contributed by atoms with Gasteiger partial charge in [0.2, 0.25) is 5.91 Å². The molecule has 9 heteroatoms. The number of nitrogens with one attached hydrogen (secondary N) is 1. The molecular weight excluding hydrogens is 442 g/mol. The van der Waals surface area contributed by atoms with Gasteiger partial charge in [-0.3, -0.25) is 4.79 Å². The number of fused-ring (bicyclic) bond motifs is 1. The Labute approximate surface area is 199 Å². The van der Waals surface area contributed by atoms with E-state index in [9.17, 15) is 9.59 Å². The zero-order valence-electron chi connectivity index (χ0n) is 19.9. The highest BCUT2D eigenvalue weighted by molar-refractivity contribution is 8.16. The number of carbonyl (C=O) groups excluding carboxylic acids is 2. The van der Waals surface area contributed by atoms with Crippen LogP contribution in [-0.4, -0.2) is 49.3 Å². The number of methoxy groups -OCH3 is 3. The average Bonchev–Trinajstić information content (AvgIpc) is 3.23. The molecule has 1 amide bonds. The van der Waals surface area contributed by atoms with Gasteiger partial charge >= 0.3 is 5.97 Å². The lowest BCUT2D eigenvalue weighted by Crippen LogP contribution is -2.39. The molecule has 2 unspecified atom stereocenters. The van der Waals surface area contributed by atoms with Crippen LogP contribution in [0.1, 0.15) is 51.6 Å². The number of aliphatic imine (C=N–C) groups is 1. The van der Waals surface area contributed by atoms with E-state index < -0.39 is 12.0 Å². The van der Waals surface area contributed by atoms with Gasteiger partial charge in [-0.2, -0.15) is 0 Å². The number of benzene rings is 1. The number of hydrogen-bond donors (Lipinski definition) is 1. The highest BCUT2D eigenvalue weighted by Gasteiger charge is 2.41. The third-order valence-corrected chi connectivity index (χ3v) is 6.57. The molecule has 1 aromatic carbocycles. The van der Waals surface area contributed by atoms with E-state index in [0.29, 0.717) is 29.2 Å². The topological polar surface area (TPSA) is 89.5 Å². The molecule has 8 nitrogen and oxygen atoms in total. The first-order chi connectivity index (χ1) is 15.9. The van der Waals surface area contributed by atoms with E-state index in [2.05, 4.69) is 5.32 Å². The maximum atomic E-state index is 13.0. The summed E-state index contributed by atoms with van der Waals surface area (Å²) in [6, 6.07) is 5.05. The number of amidine groups is 1. The Balaban J connectivity index is 2.11. The molecule has 2 atom stereocenters. The minimum atomic E-state index is -0.540. The number of rotatable bonds is 9. The Morgan fingerprint density at radius 2 is 1.82 bits per heavy atom. The maximum Gasteiger partial charge on any atom is 0.338 e. The van der Waals surface area contributed by atoms with Gasteiger partial charge in [0.15, 0.2) is 5.17 Å². The van der Waals surface area contributed by atoms with Gasteiger partial charge in [0, 0.05) is 17.8 Å². The SMILES string of the molecule is CCC1=C(C(=O)OC)C(c2cc(OC)cc(OC)c2)N2C(CC(=O)NC(C)CC)=CSC2=N1. The molecule has 1 aromatic rings. The van der Waals surface area contributed by atoms with Gasteiger partial charge in [0.1, 0.15) is 11.5 Å². The average molecular weight is 474 g/mol. The van der Waals surface area contributed by atoms with Gasteiger partial charge in [-0.15, -0.1) is 0 Å². The second-order valence-corrected chi connectivity index (χ2v) is 8.64. The first kappa shape index (κ1) is 24.7. The predicted octanol–water partition coefficient (Wildman–Crippen LogP) is 4.15. The quantitative estimate of drug-likeness (QED) is 0.539. The number of ether oxygens (including phenoxy) is 3. The number of hydrogen-bond acceptors (Lipinski definition) is 8. The number of allylic oxidation sites excluding steroid dienone is 1. The van der Waals surface area contributed by atoms with Crippen LogP contribution < -0.4 is 14.8 Å². The van der Waals surface area contributed by atoms with Crippen molar-refractivity contribution in [2.75, 3.05) is 21.3 Å². The van der Waals surface area contributed by atoms with Crippen LogP contribution >= 0.6 is 11.8 Å². The summed E-state index contributed by atoms with van der Waals surface area (Å²) in [4.78, 5) is 32.4. The van der Waals surface area contributed by atoms with E-state index in [1.54, 1.807) is 20.3 Å². The number of nitrogens with zero attached hydrogens (tertiary/aromatic N) is 2. The molecule has 178 valence electrons. The van der Waals surface area contributed by atoms with E-state index in [0.717, 1.165) is 22.8 Å². The Kier molecular flexibility index (Phi) is 8.07. The molecule has 0 saturated carbocycles. The second kappa shape index (κ2) is 10.8. The molecular formula is C24H31N3O5S. The Morgan fingerprint density at radius 3 is 2.36 bits per heavy atom. The van der Waals surface area contributed by atoms with Crippen molar-refractivity contribution in [1.82, 2.24) is 10.2 Å². The first-order valence-electron chi connectivity index (χ1n) is 10.9. The lowest BCUT2D eigenvalue weighted by Gasteiger charge is -2.36. The van der Waals surface area contributed by atoms with Crippen LogP contribution in [0.5, 0.6) is 11.5 Å². The lowest BCUT2D eigenvalue weighted by atomic mass is 9.92. The molecule has 2 heterocycles. The number of esters is 1. The normalized spacial score (nSPS) is 18.2. The van der Waals surface area contributed by atoms with Gasteiger partial charge in [0.25, 0.3) is 0 Å². The summed E-state index contributed by atoms with van der Waals surface area (Å²) in [5.41, 5.74) is 2.64. The van der Waals surface area contributed by atoms with Crippen LogP contribution in [0.3, 0.4) is 0 Å². The van der Waals surface area contributed by atoms with Crippen molar-refractivity contribution < 1.29 is 23.8 Å². The van der Waals surface area contributed by atoms with Crippen molar-refractivity contribution in [3.63, 3.8) is 0 Å². The molecule has 0 fully saturated rings. The molecule has 0 spiro atoms. The molecule has 0 aromatic heterocycles. The molecule has 0 bridgehead atoms. The van der Waals surface area contributed by atoms with Crippen LogP contribution in [0.15, 0.2) is 45.6 Å². The largest absolute Gasteiger partial charge is 0.497 e. The van der Waals surface area contributed by atoms with Crippen LogP contribution in [0.25, 0.3) is 0 Å². The predicted molar refractivity (Wildman–Crippen MR) is 129 cm³/mol. The molecule has 0 aliphatic carbocycles. The summed E-state index contributed by atoms with van der Waals surface area (Å²) in [5.74, 6) is 0.663. The van der Waals surface area contributed by atoms with Gasteiger partial charge in [0.05, 0.1) is 45.1 Å². The van der Waals surface area contributed by atoms with E-state index in [4.69, 9.17) is 19.2 Å². The number of amides is 1. The van der Waals surface area contributed by atoms with Crippen molar-refractivity contribution in [2.45, 2.75) is 52.1 Å². The van der Waals surface area contributed by atoms with Gasteiger partial charge in [-0.1, -0.05) is 25.6 Å². The summed E-state index contributed by atoms with van der Waals surface area (Å²) in [5, 5.41) is 5.65. The smallest absolute Gasteiger partial charge is 0.338 e. The van der Waals surface area contributed by atoms with Crippen LogP contribution in [0, 0.1) is 0 Å². The molecule has 1 N–H and O–H groups in total. The maximum absolute atomic E-state index is 13.0. The van der Waals surface area contributed by atoms with Gasteiger partial charge in [-0.25, -0.2) is 9.79 Å². The van der Waals surface area contributed by atoms with Crippen LogP contribution in [-0.2, 0) is 14.3 Å². The third-order valence-electron chi connectivity index (χ3n) is 5.68. The molecule has 0 saturated heterocycles. The second-order valence-electron chi connectivity index (χ2n) is 7.80. The molecule has 0 radical (unpaired) electrons. The van der Waals surface area contributed by atoms with E-state index in [-0.39, 0.29) is 18.4 Å². The van der Waals surface area contributed by atoms with Crippen molar-refractivity contribution in [1.29, 1.82) is 0 Å². The fourth-order valence-electron chi connectivity index (χ4n) is 3.81. The molecule has 2 aliphatic heterocycles. The van der Waals surface area contributed by atoms with Gasteiger partial charge in [-0.05, 0) is 42.9 Å².